The average molecular weight is 369 g/mol. The van der Waals surface area contributed by atoms with Gasteiger partial charge in [-0.1, -0.05) is 66.4 Å². The number of esters is 1. The summed E-state index contributed by atoms with van der Waals surface area (Å²) in [6, 6.07) is 16.4. The zero-order chi connectivity index (χ0) is 17.8. The number of hydrogen-bond donors (Lipinski definition) is 0. The summed E-state index contributed by atoms with van der Waals surface area (Å²) >= 11 is 6.37. The number of carbonyl (C=O) groups excluding carboxylic acids is 2. The van der Waals surface area contributed by atoms with Crippen molar-refractivity contribution in [3.63, 3.8) is 0 Å². The fourth-order valence-electron chi connectivity index (χ4n) is 2.22. The molecule has 1 aliphatic rings. The summed E-state index contributed by atoms with van der Waals surface area (Å²) in [5.74, 6) is -0.489. The van der Waals surface area contributed by atoms with Crippen LogP contribution >= 0.6 is 24.0 Å². The Balaban J connectivity index is 1.65. The minimum atomic E-state index is -0.379. The molecule has 0 atom stereocenters. The maximum Gasteiger partial charge on any atom is 0.338 e. The van der Waals surface area contributed by atoms with Crippen molar-refractivity contribution >= 4 is 46.3 Å². The SMILES string of the molecule is CN1C(=O)/C(=C/c2ccc(C(=O)OCc3ccccc3)cc2)SC1=S. The monoisotopic (exact) mass is 369 g/mol. The molecule has 0 bridgehead atoms. The molecule has 3 rings (SSSR count). The summed E-state index contributed by atoms with van der Waals surface area (Å²) < 4.78 is 5.84. The molecule has 1 amide bonds. The van der Waals surface area contributed by atoms with Gasteiger partial charge in [-0.15, -0.1) is 0 Å². The van der Waals surface area contributed by atoms with Crippen molar-refractivity contribution < 1.29 is 14.3 Å². The second-order valence-electron chi connectivity index (χ2n) is 5.42. The van der Waals surface area contributed by atoms with E-state index in [1.165, 1.54) is 16.7 Å². The van der Waals surface area contributed by atoms with E-state index in [4.69, 9.17) is 17.0 Å². The highest BCUT2D eigenvalue weighted by atomic mass is 32.2. The van der Waals surface area contributed by atoms with Gasteiger partial charge in [0.1, 0.15) is 10.9 Å². The van der Waals surface area contributed by atoms with Crippen LogP contribution in [0, 0.1) is 0 Å². The number of amides is 1. The summed E-state index contributed by atoms with van der Waals surface area (Å²) in [5.41, 5.74) is 2.23. The minimum Gasteiger partial charge on any atom is -0.457 e. The van der Waals surface area contributed by atoms with Crippen LogP contribution in [0.1, 0.15) is 21.5 Å². The molecule has 1 aliphatic heterocycles. The van der Waals surface area contributed by atoms with Gasteiger partial charge in [0.15, 0.2) is 0 Å². The van der Waals surface area contributed by atoms with E-state index < -0.39 is 0 Å². The maximum absolute atomic E-state index is 12.1. The molecule has 0 aliphatic carbocycles. The summed E-state index contributed by atoms with van der Waals surface area (Å²) in [6.07, 6.45) is 1.77. The Kier molecular flexibility index (Phi) is 5.31. The van der Waals surface area contributed by atoms with Gasteiger partial charge in [0.05, 0.1) is 10.5 Å². The highest BCUT2D eigenvalue weighted by Crippen LogP contribution is 2.31. The van der Waals surface area contributed by atoms with Crippen LogP contribution in [0.15, 0.2) is 59.5 Å². The third kappa shape index (κ3) is 4.15. The molecule has 1 fully saturated rings. The first-order valence-electron chi connectivity index (χ1n) is 7.57. The van der Waals surface area contributed by atoms with Gasteiger partial charge in [0.25, 0.3) is 5.91 Å². The third-order valence-electron chi connectivity index (χ3n) is 3.64. The average Bonchev–Trinajstić information content (AvgIpc) is 2.88. The Morgan fingerprint density at radius 3 is 2.44 bits per heavy atom. The number of benzene rings is 2. The Morgan fingerprint density at radius 1 is 1.16 bits per heavy atom. The number of carbonyl (C=O) groups is 2. The van der Waals surface area contributed by atoms with E-state index in [1.807, 2.05) is 30.3 Å². The van der Waals surface area contributed by atoms with Crippen molar-refractivity contribution in [2.75, 3.05) is 7.05 Å². The zero-order valence-electron chi connectivity index (χ0n) is 13.5. The minimum absolute atomic E-state index is 0.110. The quantitative estimate of drug-likeness (QED) is 0.465. The van der Waals surface area contributed by atoms with Crippen LogP contribution in [-0.2, 0) is 16.1 Å². The molecule has 2 aromatic rings. The van der Waals surface area contributed by atoms with Gasteiger partial charge in [-0.25, -0.2) is 4.79 Å². The Hall–Kier alpha value is -2.44. The summed E-state index contributed by atoms with van der Waals surface area (Å²) in [5, 5.41) is 0. The summed E-state index contributed by atoms with van der Waals surface area (Å²) in [6.45, 7) is 0.237. The van der Waals surface area contributed by atoms with E-state index in [9.17, 15) is 9.59 Å². The van der Waals surface area contributed by atoms with E-state index in [0.29, 0.717) is 14.8 Å². The Morgan fingerprint density at radius 2 is 1.84 bits per heavy atom. The smallest absolute Gasteiger partial charge is 0.338 e. The predicted molar refractivity (Wildman–Crippen MR) is 103 cm³/mol. The second kappa shape index (κ2) is 7.63. The van der Waals surface area contributed by atoms with Gasteiger partial charge in [-0.05, 0) is 29.3 Å². The molecule has 25 heavy (non-hydrogen) atoms. The third-order valence-corrected chi connectivity index (χ3v) is 5.13. The van der Waals surface area contributed by atoms with Crippen molar-refractivity contribution in [2.45, 2.75) is 6.61 Å². The van der Waals surface area contributed by atoms with Crippen LogP contribution in [0.25, 0.3) is 6.08 Å². The van der Waals surface area contributed by atoms with Crippen LogP contribution < -0.4 is 0 Å². The molecule has 0 saturated carbocycles. The molecule has 0 N–H and O–H groups in total. The van der Waals surface area contributed by atoms with Crippen LogP contribution in [0.3, 0.4) is 0 Å². The van der Waals surface area contributed by atoms with Crippen LogP contribution in [0.5, 0.6) is 0 Å². The van der Waals surface area contributed by atoms with Crippen LogP contribution in [0.4, 0.5) is 0 Å². The van der Waals surface area contributed by atoms with Crippen molar-refractivity contribution in [1.29, 1.82) is 0 Å². The molecule has 6 heteroatoms. The fraction of sp³-hybridized carbons (Fsp3) is 0.105. The van der Waals surface area contributed by atoms with Gasteiger partial charge in [-0.2, -0.15) is 0 Å². The van der Waals surface area contributed by atoms with Crippen LogP contribution in [0.2, 0.25) is 0 Å². The first-order valence-corrected chi connectivity index (χ1v) is 8.80. The van der Waals surface area contributed by atoms with Gasteiger partial charge >= 0.3 is 5.97 Å². The molecular formula is C19H15NO3S2. The molecule has 0 unspecified atom stereocenters. The molecule has 0 aromatic heterocycles. The lowest BCUT2D eigenvalue weighted by Crippen LogP contribution is -2.22. The van der Waals surface area contributed by atoms with E-state index >= 15 is 0 Å². The van der Waals surface area contributed by atoms with Crippen molar-refractivity contribution in [1.82, 2.24) is 4.90 Å². The molecule has 126 valence electrons. The lowest BCUT2D eigenvalue weighted by Gasteiger charge is -2.05. The van der Waals surface area contributed by atoms with Gasteiger partial charge < -0.3 is 4.74 Å². The van der Waals surface area contributed by atoms with E-state index in [0.717, 1.165) is 11.1 Å². The first kappa shape index (κ1) is 17.4. The fourth-order valence-corrected chi connectivity index (χ4v) is 3.40. The number of hydrogen-bond acceptors (Lipinski definition) is 5. The lowest BCUT2D eigenvalue weighted by atomic mass is 10.1. The Bertz CT molecular complexity index is 845. The first-order chi connectivity index (χ1) is 12.0. The van der Waals surface area contributed by atoms with Crippen LogP contribution in [-0.4, -0.2) is 28.1 Å². The molecule has 1 saturated heterocycles. The largest absolute Gasteiger partial charge is 0.457 e. The van der Waals surface area contributed by atoms with E-state index in [1.54, 1.807) is 37.4 Å². The van der Waals surface area contributed by atoms with Gasteiger partial charge in [0, 0.05) is 7.05 Å². The molecule has 2 aromatic carbocycles. The predicted octanol–water partition coefficient (Wildman–Crippen LogP) is 3.87. The highest BCUT2D eigenvalue weighted by molar-refractivity contribution is 8.26. The maximum atomic E-state index is 12.1. The van der Waals surface area contributed by atoms with Crippen molar-refractivity contribution in [3.05, 3.63) is 76.2 Å². The number of thiocarbonyl (C=S) groups is 1. The van der Waals surface area contributed by atoms with Gasteiger partial charge in [-0.3, -0.25) is 9.69 Å². The topological polar surface area (TPSA) is 46.6 Å². The number of thioether (sulfide) groups is 1. The van der Waals surface area contributed by atoms with Crippen molar-refractivity contribution in [3.8, 4) is 0 Å². The van der Waals surface area contributed by atoms with Gasteiger partial charge in [0.2, 0.25) is 0 Å². The summed E-state index contributed by atoms with van der Waals surface area (Å²) in [4.78, 5) is 26.1. The number of ether oxygens (including phenoxy) is 1. The number of nitrogens with zero attached hydrogens (tertiary/aromatic N) is 1. The molecule has 1 heterocycles. The number of likely N-dealkylation sites (N-methyl/N-ethyl adjacent to an activating group) is 1. The second-order valence-corrected chi connectivity index (χ2v) is 7.10. The Labute approximate surface area is 155 Å². The lowest BCUT2D eigenvalue weighted by molar-refractivity contribution is -0.121. The molecule has 0 radical (unpaired) electrons. The summed E-state index contributed by atoms with van der Waals surface area (Å²) in [7, 11) is 1.66. The number of rotatable bonds is 4. The normalized spacial score (nSPS) is 15.7. The van der Waals surface area contributed by atoms with Crippen molar-refractivity contribution in [2.24, 2.45) is 0 Å². The highest BCUT2D eigenvalue weighted by Gasteiger charge is 2.28. The molecule has 0 spiro atoms. The molecule has 4 nitrogen and oxygen atoms in total. The zero-order valence-corrected chi connectivity index (χ0v) is 15.1. The van der Waals surface area contributed by atoms with E-state index in [-0.39, 0.29) is 18.5 Å². The standard InChI is InChI=1S/C19H15NO3S2/c1-20-17(21)16(25-19(20)24)11-13-7-9-15(10-8-13)18(22)23-12-14-5-3-2-4-6-14/h2-11H,12H2,1H3/b16-11-. The molecular weight excluding hydrogens is 354 g/mol. The van der Waals surface area contributed by atoms with E-state index in [2.05, 4.69) is 0 Å².